The molecule has 3 rings (SSSR count). The molecular weight excluding hydrogens is 420 g/mol. The molecule has 0 saturated carbocycles. The molecule has 0 amide bonds. The van der Waals surface area contributed by atoms with Gasteiger partial charge in [-0.25, -0.2) is 8.42 Å². The lowest BCUT2D eigenvalue weighted by Gasteiger charge is -2.26. The van der Waals surface area contributed by atoms with E-state index in [4.69, 9.17) is 9.47 Å². The molecule has 0 saturated heterocycles. The van der Waals surface area contributed by atoms with Gasteiger partial charge in [-0.05, 0) is 26.0 Å². The summed E-state index contributed by atoms with van der Waals surface area (Å²) < 4.78 is 34.3. The van der Waals surface area contributed by atoms with Crippen LogP contribution in [-0.4, -0.2) is 56.0 Å². The van der Waals surface area contributed by atoms with E-state index in [1.807, 2.05) is 13.8 Å². The van der Waals surface area contributed by atoms with Gasteiger partial charge in [0.25, 0.3) is 0 Å². The second-order valence-electron chi connectivity index (χ2n) is 7.63. The quantitative estimate of drug-likeness (QED) is 0.478. The lowest BCUT2D eigenvalue weighted by Crippen LogP contribution is -2.36. The van der Waals surface area contributed by atoms with E-state index in [2.05, 4.69) is 31.7 Å². The highest BCUT2D eigenvalue weighted by atomic mass is 32.2. The Morgan fingerprint density at radius 1 is 1.26 bits per heavy atom. The van der Waals surface area contributed by atoms with E-state index in [0.717, 1.165) is 6.26 Å². The van der Waals surface area contributed by atoms with Gasteiger partial charge in [0.1, 0.15) is 23.3 Å². The first-order chi connectivity index (χ1) is 14.6. The van der Waals surface area contributed by atoms with Gasteiger partial charge in [-0.2, -0.15) is 15.2 Å². The van der Waals surface area contributed by atoms with Gasteiger partial charge >= 0.3 is 0 Å². The highest BCUT2D eigenvalue weighted by Gasteiger charge is 2.22. The smallest absolute Gasteiger partial charge is 0.231 e. The fourth-order valence-electron chi connectivity index (χ4n) is 3.11. The van der Waals surface area contributed by atoms with Crippen molar-refractivity contribution in [3.63, 3.8) is 0 Å². The van der Waals surface area contributed by atoms with Crippen molar-refractivity contribution in [1.29, 1.82) is 5.26 Å². The maximum atomic E-state index is 11.8. The summed E-state index contributed by atoms with van der Waals surface area (Å²) in [4.78, 5) is 12.1. The number of benzene rings is 1. The molecule has 0 spiro atoms. The highest BCUT2D eigenvalue weighted by molar-refractivity contribution is 7.90. The van der Waals surface area contributed by atoms with Crippen LogP contribution < -0.4 is 15.4 Å². The first-order valence-corrected chi connectivity index (χ1v) is 11.2. The molecule has 3 aromatic rings. The minimum absolute atomic E-state index is 0.137. The largest absolute Gasteiger partial charge is 0.495 e. The maximum Gasteiger partial charge on any atom is 0.231 e. The van der Waals surface area contributed by atoms with Gasteiger partial charge < -0.3 is 25.1 Å². The monoisotopic (exact) mass is 444 g/mol. The molecule has 0 radical (unpaired) electrons. The average molecular weight is 445 g/mol. The molecule has 0 aliphatic rings. The number of hydrogen-bond acceptors (Lipinski definition) is 9. The maximum absolute atomic E-state index is 11.8. The Labute approximate surface area is 180 Å². The van der Waals surface area contributed by atoms with E-state index >= 15 is 0 Å². The Morgan fingerprint density at radius 3 is 2.61 bits per heavy atom. The van der Waals surface area contributed by atoms with E-state index in [1.165, 1.54) is 19.2 Å². The van der Waals surface area contributed by atoms with Crippen LogP contribution in [0.2, 0.25) is 0 Å². The predicted octanol–water partition coefficient (Wildman–Crippen LogP) is 2.82. The van der Waals surface area contributed by atoms with Crippen molar-refractivity contribution < 1.29 is 17.9 Å². The first kappa shape index (κ1) is 22.3. The van der Waals surface area contributed by atoms with Gasteiger partial charge in [0.2, 0.25) is 5.95 Å². The van der Waals surface area contributed by atoms with Crippen LogP contribution in [0.4, 0.5) is 17.5 Å². The molecule has 31 heavy (non-hydrogen) atoms. The molecule has 0 aliphatic heterocycles. The lowest BCUT2D eigenvalue weighted by atomic mass is 10.1. The van der Waals surface area contributed by atoms with E-state index < -0.39 is 15.4 Å². The second-order valence-corrected chi connectivity index (χ2v) is 9.65. The SMILES string of the molecule is COCC(C)(C)Nc1nc(Nc2ccc(S(C)(=O)=O)cc2OC)nc2[nH]cc(C#N)c12. The summed E-state index contributed by atoms with van der Waals surface area (Å²) in [5.74, 6) is 1.02. The van der Waals surface area contributed by atoms with Gasteiger partial charge in [-0.3, -0.25) is 0 Å². The van der Waals surface area contributed by atoms with Crippen LogP contribution in [0, 0.1) is 11.3 Å². The average Bonchev–Trinajstić information content (AvgIpc) is 3.10. The summed E-state index contributed by atoms with van der Waals surface area (Å²) in [6, 6.07) is 6.62. The van der Waals surface area contributed by atoms with Gasteiger partial charge in [0.05, 0.1) is 40.8 Å². The molecule has 10 nitrogen and oxygen atoms in total. The first-order valence-electron chi connectivity index (χ1n) is 9.29. The Morgan fingerprint density at radius 2 is 2.00 bits per heavy atom. The van der Waals surface area contributed by atoms with E-state index in [9.17, 15) is 13.7 Å². The third-order valence-electron chi connectivity index (χ3n) is 4.46. The van der Waals surface area contributed by atoms with Gasteiger partial charge in [0, 0.05) is 25.6 Å². The number of sulfone groups is 1. The number of nitrogens with one attached hydrogen (secondary N) is 3. The molecule has 2 aromatic heterocycles. The van der Waals surface area contributed by atoms with Crippen LogP contribution in [0.3, 0.4) is 0 Å². The van der Waals surface area contributed by atoms with Crippen molar-refractivity contribution in [3.8, 4) is 11.8 Å². The molecule has 1 aromatic carbocycles. The predicted molar refractivity (Wildman–Crippen MR) is 118 cm³/mol. The van der Waals surface area contributed by atoms with Crippen molar-refractivity contribution in [2.45, 2.75) is 24.3 Å². The van der Waals surface area contributed by atoms with Gasteiger partial charge in [0.15, 0.2) is 9.84 Å². The molecule has 164 valence electrons. The van der Waals surface area contributed by atoms with Crippen LogP contribution in [-0.2, 0) is 14.6 Å². The normalized spacial score (nSPS) is 11.9. The third-order valence-corrected chi connectivity index (χ3v) is 5.57. The summed E-state index contributed by atoms with van der Waals surface area (Å²) >= 11 is 0. The van der Waals surface area contributed by atoms with E-state index in [-0.39, 0.29) is 10.8 Å². The lowest BCUT2D eigenvalue weighted by molar-refractivity contribution is 0.158. The van der Waals surface area contributed by atoms with E-state index in [0.29, 0.717) is 40.5 Å². The zero-order valence-electron chi connectivity index (χ0n) is 17.9. The number of H-pyrrole nitrogens is 1. The summed E-state index contributed by atoms with van der Waals surface area (Å²) in [5.41, 5.74) is 0.902. The second kappa shape index (κ2) is 8.41. The number of ether oxygens (including phenoxy) is 2. The number of aromatic nitrogens is 3. The fraction of sp³-hybridized carbons (Fsp3) is 0.350. The van der Waals surface area contributed by atoms with Crippen LogP contribution in [0.5, 0.6) is 5.75 Å². The standard InChI is InChI=1S/C20H24N6O4S/c1-20(2,11-29-3)26-18-16-12(9-21)10-22-17(16)24-19(25-18)23-14-7-6-13(31(5,27)28)8-15(14)30-4/h6-8,10H,11H2,1-5H3,(H3,22,23,24,25,26). The molecule has 11 heteroatoms. The van der Waals surface area contributed by atoms with Crippen molar-refractivity contribution in [3.05, 3.63) is 30.0 Å². The Hall–Kier alpha value is -3.36. The van der Waals surface area contributed by atoms with Crippen LogP contribution >= 0.6 is 0 Å². The summed E-state index contributed by atoms with van der Waals surface area (Å²) in [5, 5.41) is 16.4. The molecule has 0 aliphatic carbocycles. The number of fused-ring (bicyclic) bond motifs is 1. The van der Waals surface area contributed by atoms with Crippen LogP contribution in [0.1, 0.15) is 19.4 Å². The molecule has 0 bridgehead atoms. The number of anilines is 3. The zero-order chi connectivity index (χ0) is 22.8. The number of hydrogen-bond donors (Lipinski definition) is 3. The zero-order valence-corrected chi connectivity index (χ0v) is 18.7. The topological polar surface area (TPSA) is 142 Å². The van der Waals surface area contributed by atoms with Crippen LogP contribution in [0.25, 0.3) is 11.0 Å². The minimum Gasteiger partial charge on any atom is -0.495 e. The summed E-state index contributed by atoms with van der Waals surface area (Å²) in [7, 11) is -0.331. The van der Waals surface area contributed by atoms with Gasteiger partial charge in [-0.15, -0.1) is 0 Å². The minimum atomic E-state index is -3.38. The van der Waals surface area contributed by atoms with Crippen LogP contribution in [0.15, 0.2) is 29.3 Å². The van der Waals surface area contributed by atoms with Crippen molar-refractivity contribution >= 4 is 38.3 Å². The fourth-order valence-corrected chi connectivity index (χ4v) is 3.75. The molecule has 0 atom stereocenters. The third kappa shape index (κ3) is 4.87. The summed E-state index contributed by atoms with van der Waals surface area (Å²) in [6.45, 7) is 4.31. The number of nitrogens with zero attached hydrogens (tertiary/aromatic N) is 3. The number of aromatic amines is 1. The summed E-state index contributed by atoms with van der Waals surface area (Å²) in [6.07, 6.45) is 2.70. The van der Waals surface area contributed by atoms with Crippen molar-refractivity contribution in [1.82, 2.24) is 15.0 Å². The molecule has 2 heterocycles. The van der Waals surface area contributed by atoms with E-state index in [1.54, 1.807) is 19.4 Å². The number of methoxy groups -OCH3 is 2. The Bertz CT molecular complexity index is 1260. The van der Waals surface area contributed by atoms with Gasteiger partial charge in [-0.1, -0.05) is 0 Å². The molecule has 0 unspecified atom stereocenters. The molecule has 0 fully saturated rings. The molecular formula is C20H24N6O4S. The number of nitriles is 1. The Kier molecular flexibility index (Phi) is 6.06. The Balaban J connectivity index is 2.07. The highest BCUT2D eigenvalue weighted by Crippen LogP contribution is 2.32. The number of rotatable bonds is 8. The molecule has 3 N–H and O–H groups in total. The van der Waals surface area contributed by atoms with Crippen molar-refractivity contribution in [2.75, 3.05) is 37.7 Å². The van der Waals surface area contributed by atoms with Crippen molar-refractivity contribution in [2.24, 2.45) is 0 Å².